The smallest absolute Gasteiger partial charge is 0.128 e. The highest BCUT2D eigenvalue weighted by Gasteiger charge is 2.16. The highest BCUT2D eigenvalue weighted by molar-refractivity contribution is 9.10. The van der Waals surface area contributed by atoms with E-state index >= 15 is 0 Å². The van der Waals surface area contributed by atoms with Crippen LogP contribution in [0.2, 0.25) is 0 Å². The Bertz CT molecular complexity index is 238. The van der Waals surface area contributed by atoms with Crippen LogP contribution in [0, 0.1) is 0 Å². The van der Waals surface area contributed by atoms with Crippen molar-refractivity contribution in [3.63, 3.8) is 0 Å². The Hall–Kier alpha value is -0.310. The Morgan fingerprint density at radius 1 is 1.45 bits per heavy atom. The molecule has 2 nitrogen and oxygen atoms in total. The van der Waals surface area contributed by atoms with Gasteiger partial charge in [-0.25, -0.2) is 0 Å². The summed E-state index contributed by atoms with van der Waals surface area (Å²) in [6.45, 7) is 0. The average molecular weight is 215 g/mol. The van der Waals surface area contributed by atoms with Gasteiger partial charge in [0.25, 0.3) is 0 Å². The number of nitrogens with zero attached hydrogens (tertiary/aromatic N) is 2. The van der Waals surface area contributed by atoms with Gasteiger partial charge in [-0.3, -0.25) is 4.68 Å². The van der Waals surface area contributed by atoms with Gasteiger partial charge in [-0.1, -0.05) is 12.8 Å². The summed E-state index contributed by atoms with van der Waals surface area (Å²) in [5.74, 6) is 0. The molecule has 0 radical (unpaired) electrons. The van der Waals surface area contributed by atoms with Crippen LogP contribution >= 0.6 is 15.9 Å². The topological polar surface area (TPSA) is 17.8 Å². The third-order valence-electron chi connectivity index (χ3n) is 2.27. The molecule has 60 valence electrons. The van der Waals surface area contributed by atoms with Crippen LogP contribution < -0.4 is 0 Å². The molecule has 1 fully saturated rings. The number of halogens is 1. The molecule has 2 rings (SSSR count). The van der Waals surface area contributed by atoms with Gasteiger partial charge in [0.2, 0.25) is 0 Å². The monoisotopic (exact) mass is 214 g/mol. The lowest BCUT2D eigenvalue weighted by atomic mass is 10.3. The van der Waals surface area contributed by atoms with E-state index in [-0.39, 0.29) is 0 Å². The molecule has 1 aromatic heterocycles. The molecule has 1 saturated carbocycles. The molecule has 1 heterocycles. The fourth-order valence-corrected chi connectivity index (χ4v) is 1.99. The van der Waals surface area contributed by atoms with Gasteiger partial charge in [-0.15, -0.1) is 0 Å². The third-order valence-corrected chi connectivity index (χ3v) is 2.70. The minimum atomic E-state index is 0.668. The third kappa shape index (κ3) is 1.48. The van der Waals surface area contributed by atoms with Crippen LogP contribution in [0.15, 0.2) is 16.9 Å². The summed E-state index contributed by atoms with van der Waals surface area (Å²) in [4.78, 5) is 0. The van der Waals surface area contributed by atoms with E-state index in [1.165, 1.54) is 25.7 Å². The van der Waals surface area contributed by atoms with E-state index in [0.717, 1.165) is 4.60 Å². The van der Waals surface area contributed by atoms with Gasteiger partial charge in [0.05, 0.1) is 6.04 Å². The average Bonchev–Trinajstić information content (AvgIpc) is 2.55. The predicted molar refractivity (Wildman–Crippen MR) is 47.4 cm³/mol. The molecule has 0 spiro atoms. The lowest BCUT2D eigenvalue weighted by Crippen LogP contribution is -2.04. The molecular weight excluding hydrogens is 204 g/mol. The molecule has 0 saturated heterocycles. The summed E-state index contributed by atoms with van der Waals surface area (Å²) in [6, 6.07) is 2.67. The molecule has 0 unspecified atom stereocenters. The second-order valence-corrected chi connectivity index (χ2v) is 3.87. The Morgan fingerprint density at radius 2 is 2.18 bits per heavy atom. The highest BCUT2D eigenvalue weighted by atomic mass is 79.9. The first kappa shape index (κ1) is 7.35. The van der Waals surface area contributed by atoms with E-state index < -0.39 is 0 Å². The first-order chi connectivity index (χ1) is 5.36. The summed E-state index contributed by atoms with van der Waals surface area (Å²) in [5.41, 5.74) is 0. The molecule has 0 aromatic carbocycles. The van der Waals surface area contributed by atoms with Gasteiger partial charge in [0.1, 0.15) is 4.60 Å². The molecule has 1 aliphatic rings. The maximum absolute atomic E-state index is 4.33. The summed E-state index contributed by atoms with van der Waals surface area (Å²) < 4.78 is 3.03. The van der Waals surface area contributed by atoms with E-state index in [2.05, 4.69) is 31.9 Å². The predicted octanol–water partition coefficient (Wildman–Crippen LogP) is 2.76. The van der Waals surface area contributed by atoms with Gasteiger partial charge in [0.15, 0.2) is 0 Å². The summed E-state index contributed by atoms with van der Waals surface area (Å²) in [6.07, 6.45) is 7.38. The Balaban J connectivity index is 2.15. The fourth-order valence-electron chi connectivity index (χ4n) is 1.69. The van der Waals surface area contributed by atoms with Crippen molar-refractivity contribution in [1.82, 2.24) is 9.78 Å². The summed E-state index contributed by atoms with van der Waals surface area (Å²) in [7, 11) is 0. The minimum absolute atomic E-state index is 0.668. The zero-order valence-corrected chi connectivity index (χ0v) is 7.92. The van der Waals surface area contributed by atoms with E-state index in [4.69, 9.17) is 0 Å². The lowest BCUT2D eigenvalue weighted by molar-refractivity contribution is 0.465. The van der Waals surface area contributed by atoms with Crippen LogP contribution in [0.5, 0.6) is 0 Å². The zero-order valence-electron chi connectivity index (χ0n) is 6.33. The maximum atomic E-state index is 4.33. The van der Waals surface area contributed by atoms with Crippen molar-refractivity contribution in [1.29, 1.82) is 0 Å². The molecular formula is C8H11BrN2. The van der Waals surface area contributed by atoms with E-state index in [9.17, 15) is 0 Å². The van der Waals surface area contributed by atoms with Crippen molar-refractivity contribution in [2.24, 2.45) is 0 Å². The number of hydrogen-bond acceptors (Lipinski definition) is 1. The molecule has 0 amide bonds. The van der Waals surface area contributed by atoms with Crippen LogP contribution in [0.4, 0.5) is 0 Å². The SMILES string of the molecule is Brc1ccn(C2CCCC2)n1. The molecule has 0 N–H and O–H groups in total. The normalized spacial score (nSPS) is 19.4. The largest absolute Gasteiger partial charge is 0.269 e. The Kier molecular flexibility index (Phi) is 1.98. The summed E-state index contributed by atoms with van der Waals surface area (Å²) in [5, 5.41) is 4.33. The van der Waals surface area contributed by atoms with Crippen LogP contribution in [-0.2, 0) is 0 Å². The second-order valence-electron chi connectivity index (χ2n) is 3.06. The van der Waals surface area contributed by atoms with Crippen molar-refractivity contribution >= 4 is 15.9 Å². The lowest BCUT2D eigenvalue weighted by Gasteiger charge is -2.07. The van der Waals surface area contributed by atoms with Crippen LogP contribution in [0.3, 0.4) is 0 Å². The van der Waals surface area contributed by atoms with Crippen LogP contribution in [0.25, 0.3) is 0 Å². The first-order valence-electron chi connectivity index (χ1n) is 4.07. The molecule has 3 heteroatoms. The second kappa shape index (κ2) is 2.97. The summed E-state index contributed by atoms with van der Waals surface area (Å²) >= 11 is 3.35. The van der Waals surface area contributed by atoms with E-state index in [1.54, 1.807) is 0 Å². The zero-order chi connectivity index (χ0) is 7.68. The van der Waals surface area contributed by atoms with Gasteiger partial charge < -0.3 is 0 Å². The Labute approximate surface area is 74.7 Å². The van der Waals surface area contributed by atoms with Crippen molar-refractivity contribution < 1.29 is 0 Å². The minimum Gasteiger partial charge on any atom is -0.269 e. The molecule has 0 atom stereocenters. The van der Waals surface area contributed by atoms with Crippen molar-refractivity contribution in [2.75, 3.05) is 0 Å². The van der Waals surface area contributed by atoms with E-state index in [0.29, 0.717) is 6.04 Å². The molecule has 1 aromatic rings. The van der Waals surface area contributed by atoms with Crippen LogP contribution in [-0.4, -0.2) is 9.78 Å². The number of rotatable bonds is 1. The molecule has 0 aliphatic heterocycles. The van der Waals surface area contributed by atoms with Gasteiger partial charge in [-0.05, 0) is 34.8 Å². The van der Waals surface area contributed by atoms with Crippen molar-refractivity contribution in [2.45, 2.75) is 31.7 Å². The van der Waals surface area contributed by atoms with Gasteiger partial charge in [0, 0.05) is 6.20 Å². The quantitative estimate of drug-likeness (QED) is 0.704. The molecule has 11 heavy (non-hydrogen) atoms. The maximum Gasteiger partial charge on any atom is 0.128 e. The highest BCUT2D eigenvalue weighted by Crippen LogP contribution is 2.28. The van der Waals surface area contributed by atoms with Crippen molar-refractivity contribution in [3.8, 4) is 0 Å². The van der Waals surface area contributed by atoms with Gasteiger partial charge >= 0.3 is 0 Å². The first-order valence-corrected chi connectivity index (χ1v) is 4.86. The molecule has 0 bridgehead atoms. The number of hydrogen-bond donors (Lipinski definition) is 0. The van der Waals surface area contributed by atoms with E-state index in [1.807, 2.05) is 6.07 Å². The van der Waals surface area contributed by atoms with Crippen molar-refractivity contribution in [3.05, 3.63) is 16.9 Å². The van der Waals surface area contributed by atoms with Gasteiger partial charge in [-0.2, -0.15) is 5.10 Å². The molecule has 1 aliphatic carbocycles. The standard InChI is InChI=1S/C8H11BrN2/c9-8-5-6-11(10-8)7-3-1-2-4-7/h5-7H,1-4H2. The Morgan fingerprint density at radius 3 is 2.73 bits per heavy atom. The number of aromatic nitrogens is 2. The van der Waals surface area contributed by atoms with Crippen LogP contribution in [0.1, 0.15) is 31.7 Å². The fraction of sp³-hybridized carbons (Fsp3) is 0.625.